The summed E-state index contributed by atoms with van der Waals surface area (Å²) in [7, 11) is 1.94. The number of aliphatic imine (C=N–C) groups is 1. The van der Waals surface area contributed by atoms with Gasteiger partial charge < -0.3 is 10.2 Å². The number of hydrogen-bond donors (Lipinski definition) is 1. The molecule has 0 spiro atoms. The number of benzene rings is 1. The first-order chi connectivity index (χ1) is 8.16. The van der Waals surface area contributed by atoms with Crippen LogP contribution < -0.4 is 5.32 Å². The lowest BCUT2D eigenvalue weighted by molar-refractivity contribution is 0.259. The molecule has 0 aromatic heterocycles. The molecule has 2 amide bonds. The summed E-state index contributed by atoms with van der Waals surface area (Å²) in [4.78, 5) is 17.7. The predicted octanol–water partition coefficient (Wildman–Crippen LogP) is 3.00. The quantitative estimate of drug-likeness (QED) is 0.834. The zero-order valence-electron chi connectivity index (χ0n) is 9.61. The highest BCUT2D eigenvalue weighted by atomic mass is 35.5. The molecule has 1 aliphatic rings. The van der Waals surface area contributed by atoms with E-state index in [1.807, 2.05) is 24.1 Å². The van der Waals surface area contributed by atoms with Crippen molar-refractivity contribution in [3.05, 3.63) is 29.3 Å². The molecule has 0 aliphatic carbocycles. The highest BCUT2D eigenvalue weighted by Gasteiger charge is 2.15. The van der Waals surface area contributed by atoms with Crippen LogP contribution in [0.1, 0.15) is 12.8 Å². The fourth-order valence-corrected chi connectivity index (χ4v) is 1.94. The number of amides is 2. The number of carbonyl (C=O) groups is 1. The van der Waals surface area contributed by atoms with Crippen LogP contribution >= 0.6 is 11.6 Å². The van der Waals surface area contributed by atoms with E-state index in [0.29, 0.717) is 10.7 Å². The molecule has 0 unspecified atom stereocenters. The van der Waals surface area contributed by atoms with Crippen LogP contribution in [0, 0.1) is 0 Å². The number of urea groups is 1. The van der Waals surface area contributed by atoms with E-state index < -0.39 is 0 Å². The molecule has 0 saturated carbocycles. The highest BCUT2D eigenvalue weighted by molar-refractivity contribution is 6.33. The van der Waals surface area contributed by atoms with Crippen LogP contribution in [-0.4, -0.2) is 30.4 Å². The van der Waals surface area contributed by atoms with E-state index in [2.05, 4.69) is 10.3 Å². The average molecular weight is 252 g/mol. The molecule has 0 bridgehead atoms. The third kappa shape index (κ3) is 2.97. The standard InChI is InChI=1S/C12H14ClN3O/c1-16-8-4-7-11(16)15-12(17)14-10-6-3-2-5-9(10)13/h2-3,5-6H,4,7-8H2,1H3,(H,14,17). The molecule has 1 aromatic carbocycles. The Balaban J connectivity index is 2.05. The molecule has 0 atom stereocenters. The number of nitrogens with zero attached hydrogens (tertiary/aromatic N) is 2. The van der Waals surface area contributed by atoms with Gasteiger partial charge in [-0.25, -0.2) is 4.79 Å². The molecule has 2 rings (SSSR count). The van der Waals surface area contributed by atoms with E-state index >= 15 is 0 Å². The molecular formula is C12H14ClN3O. The molecule has 1 saturated heterocycles. The van der Waals surface area contributed by atoms with Crippen molar-refractivity contribution in [2.24, 2.45) is 4.99 Å². The van der Waals surface area contributed by atoms with Crippen LogP contribution in [0.5, 0.6) is 0 Å². The molecule has 1 aliphatic heterocycles. The monoisotopic (exact) mass is 251 g/mol. The number of nitrogens with one attached hydrogen (secondary N) is 1. The summed E-state index contributed by atoms with van der Waals surface area (Å²) in [5.41, 5.74) is 0.587. The Morgan fingerprint density at radius 1 is 1.47 bits per heavy atom. The molecule has 0 radical (unpaired) electrons. The molecule has 4 nitrogen and oxygen atoms in total. The summed E-state index contributed by atoms with van der Waals surface area (Å²) in [5, 5.41) is 3.19. The van der Waals surface area contributed by atoms with Gasteiger partial charge in [0.2, 0.25) is 0 Å². The minimum absolute atomic E-state index is 0.373. The second-order valence-corrected chi connectivity index (χ2v) is 4.37. The maximum atomic E-state index is 11.7. The van der Waals surface area contributed by atoms with Gasteiger partial charge in [-0.15, -0.1) is 0 Å². The Labute approximate surface area is 105 Å². The third-order valence-electron chi connectivity index (χ3n) is 2.68. The van der Waals surface area contributed by atoms with Gasteiger partial charge in [-0.3, -0.25) is 0 Å². The molecule has 5 heteroatoms. The Morgan fingerprint density at radius 2 is 2.24 bits per heavy atom. The first kappa shape index (κ1) is 11.9. The van der Waals surface area contributed by atoms with Crippen molar-refractivity contribution >= 4 is 29.2 Å². The highest BCUT2D eigenvalue weighted by Crippen LogP contribution is 2.20. The largest absolute Gasteiger partial charge is 0.363 e. The third-order valence-corrected chi connectivity index (χ3v) is 3.01. The average Bonchev–Trinajstić information content (AvgIpc) is 2.68. The van der Waals surface area contributed by atoms with Crippen LogP contribution in [0.4, 0.5) is 10.5 Å². The van der Waals surface area contributed by atoms with Crippen LogP contribution in [0.25, 0.3) is 0 Å². The van der Waals surface area contributed by atoms with Crippen molar-refractivity contribution in [1.82, 2.24) is 4.90 Å². The van der Waals surface area contributed by atoms with E-state index in [9.17, 15) is 4.79 Å². The van der Waals surface area contributed by atoms with Gasteiger partial charge in [-0.05, 0) is 18.6 Å². The second kappa shape index (κ2) is 5.19. The number of rotatable bonds is 1. The Morgan fingerprint density at radius 3 is 2.88 bits per heavy atom. The smallest absolute Gasteiger partial charge is 0.347 e. The van der Waals surface area contributed by atoms with Crippen LogP contribution in [0.2, 0.25) is 5.02 Å². The van der Waals surface area contributed by atoms with Crippen LogP contribution in [-0.2, 0) is 0 Å². The topological polar surface area (TPSA) is 44.7 Å². The SMILES string of the molecule is CN1CCCC1=NC(=O)Nc1ccccc1Cl. The first-order valence-electron chi connectivity index (χ1n) is 5.51. The number of halogens is 1. The zero-order chi connectivity index (χ0) is 12.3. The Kier molecular flexibility index (Phi) is 3.64. The van der Waals surface area contributed by atoms with Gasteiger partial charge >= 0.3 is 6.03 Å². The van der Waals surface area contributed by atoms with Gasteiger partial charge in [-0.1, -0.05) is 23.7 Å². The lowest BCUT2D eigenvalue weighted by Crippen LogP contribution is -2.21. The second-order valence-electron chi connectivity index (χ2n) is 3.96. The number of para-hydroxylation sites is 1. The summed E-state index contributed by atoms with van der Waals surface area (Å²) in [6.45, 7) is 0.957. The number of likely N-dealkylation sites (tertiary alicyclic amines) is 1. The number of anilines is 1. The van der Waals surface area contributed by atoms with E-state index in [-0.39, 0.29) is 6.03 Å². The van der Waals surface area contributed by atoms with E-state index in [1.165, 1.54) is 0 Å². The number of carbonyl (C=O) groups excluding carboxylic acids is 1. The Bertz CT molecular complexity index is 459. The van der Waals surface area contributed by atoms with E-state index in [0.717, 1.165) is 25.2 Å². The summed E-state index contributed by atoms with van der Waals surface area (Å²) >= 11 is 5.94. The van der Waals surface area contributed by atoms with Gasteiger partial charge in [0.25, 0.3) is 0 Å². The van der Waals surface area contributed by atoms with Crippen LogP contribution in [0.3, 0.4) is 0 Å². The summed E-state index contributed by atoms with van der Waals surface area (Å²) in [6, 6.07) is 6.73. The van der Waals surface area contributed by atoms with Crippen LogP contribution in [0.15, 0.2) is 29.3 Å². The van der Waals surface area contributed by atoms with Gasteiger partial charge in [0, 0.05) is 20.0 Å². The van der Waals surface area contributed by atoms with E-state index in [1.54, 1.807) is 12.1 Å². The van der Waals surface area contributed by atoms with Crippen molar-refractivity contribution in [3.63, 3.8) is 0 Å². The number of hydrogen-bond acceptors (Lipinski definition) is 1. The minimum atomic E-state index is -0.373. The summed E-state index contributed by atoms with van der Waals surface area (Å²) in [6.07, 6.45) is 1.90. The molecule has 1 fully saturated rings. The van der Waals surface area contributed by atoms with Crippen molar-refractivity contribution in [2.45, 2.75) is 12.8 Å². The van der Waals surface area contributed by atoms with E-state index in [4.69, 9.17) is 11.6 Å². The lowest BCUT2D eigenvalue weighted by Gasteiger charge is -2.10. The number of amidine groups is 1. The van der Waals surface area contributed by atoms with Crippen molar-refractivity contribution in [1.29, 1.82) is 0 Å². The fraction of sp³-hybridized carbons (Fsp3) is 0.333. The van der Waals surface area contributed by atoms with Crippen molar-refractivity contribution < 1.29 is 4.79 Å². The molecule has 1 aromatic rings. The molecule has 1 N–H and O–H groups in total. The van der Waals surface area contributed by atoms with Crippen molar-refractivity contribution in [2.75, 3.05) is 18.9 Å². The normalized spacial score (nSPS) is 17.5. The summed E-state index contributed by atoms with van der Waals surface area (Å²) < 4.78 is 0. The summed E-state index contributed by atoms with van der Waals surface area (Å²) in [5.74, 6) is 0.828. The fourth-order valence-electron chi connectivity index (χ4n) is 1.76. The van der Waals surface area contributed by atoms with Crippen molar-refractivity contribution in [3.8, 4) is 0 Å². The van der Waals surface area contributed by atoms with Gasteiger partial charge in [0.15, 0.2) is 0 Å². The zero-order valence-corrected chi connectivity index (χ0v) is 10.4. The molecular weight excluding hydrogens is 238 g/mol. The maximum absolute atomic E-state index is 11.7. The predicted molar refractivity (Wildman–Crippen MR) is 69.8 cm³/mol. The Hall–Kier alpha value is -1.55. The van der Waals surface area contributed by atoms with Gasteiger partial charge in [-0.2, -0.15) is 4.99 Å². The first-order valence-corrected chi connectivity index (χ1v) is 5.89. The lowest BCUT2D eigenvalue weighted by atomic mass is 10.3. The molecule has 90 valence electrons. The molecule has 17 heavy (non-hydrogen) atoms. The minimum Gasteiger partial charge on any atom is -0.363 e. The maximum Gasteiger partial charge on any atom is 0.347 e. The van der Waals surface area contributed by atoms with Gasteiger partial charge in [0.05, 0.1) is 10.7 Å². The molecule has 1 heterocycles. The van der Waals surface area contributed by atoms with Gasteiger partial charge in [0.1, 0.15) is 5.84 Å².